The molecule has 146 valence electrons. The number of carbonyl (C=O) groups excluding carboxylic acids is 1. The first-order valence-corrected chi connectivity index (χ1v) is 9.69. The van der Waals surface area contributed by atoms with E-state index in [1.165, 1.54) is 0 Å². The molecule has 5 nitrogen and oxygen atoms in total. The molecule has 0 fully saturated rings. The van der Waals surface area contributed by atoms with Crippen molar-refractivity contribution in [1.82, 2.24) is 0 Å². The first-order valence-electron chi connectivity index (χ1n) is 9.69. The molecule has 1 aliphatic heterocycles. The van der Waals surface area contributed by atoms with E-state index in [1.54, 1.807) is 0 Å². The average Bonchev–Trinajstić information content (AvgIpc) is 3.19. The third-order valence-electron chi connectivity index (χ3n) is 6.03. The third-order valence-corrected chi connectivity index (χ3v) is 6.03. The zero-order valence-corrected chi connectivity index (χ0v) is 17.0. The lowest BCUT2D eigenvalue weighted by molar-refractivity contribution is 0.0264. The number of esters is 1. The quantitative estimate of drug-likeness (QED) is 0.659. The summed E-state index contributed by atoms with van der Waals surface area (Å²) in [6.07, 6.45) is 0. The second kappa shape index (κ2) is 6.01. The molecule has 3 aromatic carbocycles. The fourth-order valence-electron chi connectivity index (χ4n) is 4.54. The van der Waals surface area contributed by atoms with Crippen molar-refractivity contribution in [3.05, 3.63) is 76.9 Å². The Morgan fingerprint density at radius 3 is 1.79 bits per heavy atom. The van der Waals surface area contributed by atoms with Crippen molar-refractivity contribution in [2.24, 2.45) is 0 Å². The van der Waals surface area contributed by atoms with Crippen molar-refractivity contribution in [3.8, 4) is 11.1 Å². The predicted octanol–water partition coefficient (Wildman–Crippen LogP) is 4.28. The second-order valence-electron chi connectivity index (χ2n) is 7.72. The van der Waals surface area contributed by atoms with Crippen molar-refractivity contribution < 1.29 is 9.53 Å². The molecular formula is C24H23N3O2. The highest BCUT2D eigenvalue weighted by molar-refractivity contribution is 6.00. The predicted molar refractivity (Wildman–Crippen MR) is 117 cm³/mol. The van der Waals surface area contributed by atoms with Crippen LogP contribution in [0.25, 0.3) is 11.1 Å². The summed E-state index contributed by atoms with van der Waals surface area (Å²) in [5, 5.41) is 6.43. The van der Waals surface area contributed by atoms with Crippen molar-refractivity contribution in [2.45, 2.75) is 5.60 Å². The molecule has 3 aromatic rings. The van der Waals surface area contributed by atoms with Crippen molar-refractivity contribution >= 4 is 23.0 Å². The van der Waals surface area contributed by atoms with Crippen molar-refractivity contribution in [3.63, 3.8) is 0 Å². The van der Waals surface area contributed by atoms with Crippen LogP contribution in [0.15, 0.2) is 54.6 Å². The molecular weight excluding hydrogens is 362 g/mol. The van der Waals surface area contributed by atoms with Gasteiger partial charge in [-0.05, 0) is 47.5 Å². The zero-order chi connectivity index (χ0) is 20.3. The van der Waals surface area contributed by atoms with Crippen molar-refractivity contribution in [2.75, 3.05) is 43.7 Å². The van der Waals surface area contributed by atoms with Gasteiger partial charge in [0.25, 0.3) is 0 Å². The van der Waals surface area contributed by atoms with E-state index in [9.17, 15) is 4.79 Å². The molecule has 29 heavy (non-hydrogen) atoms. The van der Waals surface area contributed by atoms with E-state index in [4.69, 9.17) is 4.74 Å². The molecule has 5 heteroatoms. The molecule has 0 bridgehead atoms. The summed E-state index contributed by atoms with van der Waals surface area (Å²) in [6.45, 7) is 0. The number of fused-ring (bicyclic) bond motifs is 7. The Bertz CT molecular complexity index is 1110. The number of hydrogen-bond acceptors (Lipinski definition) is 5. The lowest BCUT2D eigenvalue weighted by Crippen LogP contribution is -2.26. The zero-order valence-electron chi connectivity index (χ0n) is 17.0. The smallest absolute Gasteiger partial charge is 0.340 e. The average molecular weight is 385 g/mol. The highest BCUT2D eigenvalue weighted by Crippen LogP contribution is 2.57. The molecule has 1 spiro atoms. The van der Waals surface area contributed by atoms with Crippen LogP contribution in [0.1, 0.15) is 27.0 Å². The number of nitrogens with zero attached hydrogens (tertiary/aromatic N) is 1. The first kappa shape index (κ1) is 17.6. The number of carbonyl (C=O) groups is 1. The highest BCUT2D eigenvalue weighted by Gasteiger charge is 2.54. The van der Waals surface area contributed by atoms with E-state index < -0.39 is 5.60 Å². The van der Waals surface area contributed by atoms with Gasteiger partial charge in [-0.3, -0.25) is 0 Å². The van der Waals surface area contributed by atoms with Gasteiger partial charge in [0.05, 0.1) is 5.56 Å². The molecule has 5 rings (SSSR count). The molecule has 0 aromatic heterocycles. The Morgan fingerprint density at radius 2 is 1.28 bits per heavy atom. The van der Waals surface area contributed by atoms with Gasteiger partial charge in [0, 0.05) is 61.9 Å². The molecule has 1 heterocycles. The first-order chi connectivity index (χ1) is 14.0. The monoisotopic (exact) mass is 385 g/mol. The van der Waals surface area contributed by atoms with Gasteiger partial charge < -0.3 is 20.3 Å². The molecule has 0 unspecified atom stereocenters. The molecule has 2 aliphatic rings. The number of nitrogens with one attached hydrogen (secondary N) is 2. The maximum Gasteiger partial charge on any atom is 0.340 e. The summed E-state index contributed by atoms with van der Waals surface area (Å²) in [6, 6.07) is 18.5. The van der Waals surface area contributed by atoms with Crippen LogP contribution in [0.5, 0.6) is 0 Å². The Hall–Kier alpha value is -3.47. The number of benzene rings is 3. The van der Waals surface area contributed by atoms with Gasteiger partial charge >= 0.3 is 5.97 Å². The third kappa shape index (κ3) is 2.24. The van der Waals surface area contributed by atoms with Crippen LogP contribution >= 0.6 is 0 Å². The Balaban J connectivity index is 1.83. The fourth-order valence-corrected chi connectivity index (χ4v) is 4.54. The summed E-state index contributed by atoms with van der Waals surface area (Å²) in [5.74, 6) is -0.280. The van der Waals surface area contributed by atoms with Crippen molar-refractivity contribution in [1.29, 1.82) is 0 Å². The lowest BCUT2D eigenvalue weighted by Gasteiger charge is -2.27. The topological polar surface area (TPSA) is 53.6 Å². The maximum atomic E-state index is 13.0. The van der Waals surface area contributed by atoms with E-state index in [1.807, 2.05) is 63.4 Å². The largest absolute Gasteiger partial charge is 0.441 e. The standard InChI is InChI=1S/C24H23N3O2/c1-25-14-5-8-20-17(11-14)18-12-15(26-2)6-9-21(18)24(20)22-10-7-16(27(3)4)13-19(22)23(28)29-24/h5-13,25-26H,1-4H3. The van der Waals surface area contributed by atoms with Crippen LogP contribution < -0.4 is 15.5 Å². The summed E-state index contributed by atoms with van der Waals surface area (Å²) < 4.78 is 6.22. The summed E-state index contributed by atoms with van der Waals surface area (Å²) in [7, 11) is 7.75. The van der Waals surface area contributed by atoms with Gasteiger partial charge in [-0.15, -0.1) is 0 Å². The second-order valence-corrected chi connectivity index (χ2v) is 7.72. The van der Waals surface area contributed by atoms with Crippen LogP contribution in [0.4, 0.5) is 17.1 Å². The van der Waals surface area contributed by atoms with E-state index >= 15 is 0 Å². The van der Waals surface area contributed by atoms with Crippen LogP contribution in [-0.4, -0.2) is 34.2 Å². The number of anilines is 3. The van der Waals surface area contributed by atoms with Gasteiger partial charge in [-0.25, -0.2) is 4.79 Å². The SMILES string of the molecule is CNc1ccc2c(c1)-c1cc(NC)ccc1C21OC(=O)c2cc(N(C)C)ccc21. The molecule has 0 atom stereocenters. The Kier molecular flexibility index (Phi) is 3.65. The number of rotatable bonds is 3. The van der Waals surface area contributed by atoms with E-state index in [0.29, 0.717) is 5.56 Å². The van der Waals surface area contributed by atoms with Crippen LogP contribution in [0, 0.1) is 0 Å². The summed E-state index contributed by atoms with van der Waals surface area (Å²) >= 11 is 0. The van der Waals surface area contributed by atoms with Crippen LogP contribution in [0.3, 0.4) is 0 Å². The van der Waals surface area contributed by atoms with E-state index in [-0.39, 0.29) is 5.97 Å². The Labute approximate surface area is 170 Å². The molecule has 1 aliphatic carbocycles. The Morgan fingerprint density at radius 1 is 0.759 bits per heavy atom. The molecule has 2 N–H and O–H groups in total. The summed E-state index contributed by atoms with van der Waals surface area (Å²) in [5.41, 5.74) is 7.83. The fraction of sp³-hybridized carbons (Fsp3) is 0.208. The number of hydrogen-bond donors (Lipinski definition) is 2. The minimum atomic E-state index is -0.902. The van der Waals surface area contributed by atoms with Gasteiger partial charge in [0.15, 0.2) is 5.60 Å². The number of ether oxygens (including phenoxy) is 1. The minimum absolute atomic E-state index is 0.280. The molecule has 0 saturated heterocycles. The van der Waals surface area contributed by atoms with Gasteiger partial charge in [-0.1, -0.05) is 18.2 Å². The molecule has 0 radical (unpaired) electrons. The maximum absolute atomic E-state index is 13.0. The highest BCUT2D eigenvalue weighted by atomic mass is 16.6. The van der Waals surface area contributed by atoms with E-state index in [2.05, 4.69) is 34.9 Å². The molecule has 0 saturated carbocycles. The van der Waals surface area contributed by atoms with Gasteiger partial charge in [-0.2, -0.15) is 0 Å². The molecule has 0 amide bonds. The van der Waals surface area contributed by atoms with Crippen LogP contribution in [-0.2, 0) is 10.3 Å². The van der Waals surface area contributed by atoms with Gasteiger partial charge in [0.2, 0.25) is 0 Å². The minimum Gasteiger partial charge on any atom is -0.441 e. The lowest BCUT2D eigenvalue weighted by atomic mass is 9.83. The van der Waals surface area contributed by atoms with Crippen LogP contribution in [0.2, 0.25) is 0 Å². The van der Waals surface area contributed by atoms with E-state index in [0.717, 1.165) is 44.9 Å². The normalized spacial score (nSPS) is 14.8. The summed E-state index contributed by atoms with van der Waals surface area (Å²) in [4.78, 5) is 15.0. The van der Waals surface area contributed by atoms with Gasteiger partial charge in [0.1, 0.15) is 0 Å².